The van der Waals surface area contributed by atoms with Crippen LogP contribution in [0.1, 0.15) is 57.8 Å². The molecular formula is C21H24N4O4. The van der Waals surface area contributed by atoms with Crippen LogP contribution in [-0.2, 0) is 19.2 Å². The fourth-order valence-electron chi connectivity index (χ4n) is 4.43. The average Bonchev–Trinajstić information content (AvgIpc) is 3.21. The van der Waals surface area contributed by atoms with Gasteiger partial charge < -0.3 is 0 Å². The van der Waals surface area contributed by atoms with Gasteiger partial charge in [-0.25, -0.2) is 0 Å². The van der Waals surface area contributed by atoms with E-state index in [-0.39, 0.29) is 23.6 Å². The summed E-state index contributed by atoms with van der Waals surface area (Å²) < 4.78 is 0. The molecule has 8 heteroatoms. The minimum absolute atomic E-state index is 0.364. The SMILES string of the molecule is O=C1C=CC(=O)N1N=C1CCC(CC2CCC(=NN3C(=O)C=CC3=O)CC2)CC1. The summed E-state index contributed by atoms with van der Waals surface area (Å²) in [6.45, 7) is 0. The number of hydrogen-bond donors (Lipinski definition) is 0. The Bertz CT molecular complexity index is 744. The van der Waals surface area contributed by atoms with Gasteiger partial charge in [0.2, 0.25) is 0 Å². The van der Waals surface area contributed by atoms with Crippen LogP contribution in [-0.4, -0.2) is 45.1 Å². The van der Waals surface area contributed by atoms with Gasteiger partial charge in [-0.1, -0.05) is 0 Å². The second kappa shape index (κ2) is 8.23. The minimum atomic E-state index is -0.364. The Morgan fingerprint density at radius 1 is 0.621 bits per heavy atom. The number of rotatable bonds is 4. The van der Waals surface area contributed by atoms with Crippen molar-refractivity contribution >= 4 is 35.1 Å². The molecule has 2 aliphatic carbocycles. The fourth-order valence-corrected chi connectivity index (χ4v) is 4.43. The summed E-state index contributed by atoms with van der Waals surface area (Å²) in [5, 5.41) is 10.4. The van der Waals surface area contributed by atoms with Crippen molar-refractivity contribution < 1.29 is 19.2 Å². The highest BCUT2D eigenvalue weighted by molar-refractivity contribution is 6.14. The summed E-state index contributed by atoms with van der Waals surface area (Å²) in [5.41, 5.74) is 1.86. The maximum atomic E-state index is 11.6. The molecule has 0 bridgehead atoms. The number of imide groups is 2. The van der Waals surface area contributed by atoms with Gasteiger partial charge in [-0.2, -0.15) is 20.2 Å². The van der Waals surface area contributed by atoms with E-state index in [2.05, 4.69) is 10.2 Å². The van der Waals surface area contributed by atoms with Gasteiger partial charge in [0.1, 0.15) is 0 Å². The van der Waals surface area contributed by atoms with Crippen molar-refractivity contribution in [1.82, 2.24) is 10.0 Å². The molecule has 0 aromatic carbocycles. The molecule has 2 heterocycles. The molecule has 152 valence electrons. The van der Waals surface area contributed by atoms with Crippen molar-refractivity contribution in [1.29, 1.82) is 0 Å². The zero-order valence-electron chi connectivity index (χ0n) is 16.2. The van der Waals surface area contributed by atoms with E-state index in [9.17, 15) is 19.2 Å². The molecule has 4 amide bonds. The lowest BCUT2D eigenvalue weighted by molar-refractivity contribution is -0.138. The summed E-state index contributed by atoms with van der Waals surface area (Å²) in [6, 6.07) is 0. The van der Waals surface area contributed by atoms with E-state index in [1.165, 1.54) is 24.3 Å². The lowest BCUT2D eigenvalue weighted by Gasteiger charge is -2.30. The van der Waals surface area contributed by atoms with Crippen molar-refractivity contribution in [3.8, 4) is 0 Å². The minimum Gasteiger partial charge on any atom is -0.267 e. The van der Waals surface area contributed by atoms with Gasteiger partial charge in [0.05, 0.1) is 0 Å². The quantitative estimate of drug-likeness (QED) is 0.681. The third kappa shape index (κ3) is 4.41. The van der Waals surface area contributed by atoms with Crippen LogP contribution in [0, 0.1) is 11.8 Å². The highest BCUT2D eigenvalue weighted by atomic mass is 16.2. The third-order valence-corrected chi connectivity index (χ3v) is 6.09. The Balaban J connectivity index is 1.22. The Morgan fingerprint density at radius 3 is 1.24 bits per heavy atom. The maximum absolute atomic E-state index is 11.6. The number of carbonyl (C=O) groups excluding carboxylic acids is 4. The standard InChI is InChI=1S/C21H24N4O4/c26-18-9-10-19(27)24(18)22-16-5-1-14(2-6-16)13-15-3-7-17(8-4-15)23-25-20(28)11-12-21(25)29/h9-12,14-15H,1-8,13H2. The first kappa shape index (κ1) is 19.4. The van der Waals surface area contributed by atoms with Crippen LogP contribution in [0.3, 0.4) is 0 Å². The van der Waals surface area contributed by atoms with Gasteiger partial charge in [-0.05, 0) is 69.6 Å². The Morgan fingerprint density at radius 2 is 0.931 bits per heavy atom. The molecule has 4 rings (SSSR count). The zero-order chi connectivity index (χ0) is 20.4. The molecule has 0 aromatic rings. The molecule has 0 N–H and O–H groups in total. The van der Waals surface area contributed by atoms with Gasteiger partial charge in [-0.15, -0.1) is 0 Å². The Kier molecular flexibility index (Phi) is 5.51. The highest BCUT2D eigenvalue weighted by Crippen LogP contribution is 2.34. The smallest absolute Gasteiger partial charge is 0.267 e. The zero-order valence-corrected chi connectivity index (χ0v) is 16.2. The first-order valence-electron chi connectivity index (χ1n) is 10.2. The first-order valence-corrected chi connectivity index (χ1v) is 10.2. The van der Waals surface area contributed by atoms with Gasteiger partial charge in [0, 0.05) is 35.7 Å². The van der Waals surface area contributed by atoms with E-state index in [0.29, 0.717) is 11.8 Å². The van der Waals surface area contributed by atoms with Gasteiger partial charge >= 0.3 is 0 Å². The van der Waals surface area contributed by atoms with Crippen LogP contribution in [0.25, 0.3) is 0 Å². The molecule has 0 aromatic heterocycles. The van der Waals surface area contributed by atoms with Crippen molar-refractivity contribution in [2.24, 2.45) is 22.0 Å². The molecule has 2 fully saturated rings. The van der Waals surface area contributed by atoms with Crippen LogP contribution in [0.5, 0.6) is 0 Å². The van der Waals surface area contributed by atoms with Crippen LogP contribution < -0.4 is 0 Å². The molecule has 2 aliphatic heterocycles. The summed E-state index contributed by atoms with van der Waals surface area (Å²) in [7, 11) is 0. The molecule has 0 radical (unpaired) electrons. The summed E-state index contributed by atoms with van der Waals surface area (Å²) in [4.78, 5) is 46.5. The predicted molar refractivity (Wildman–Crippen MR) is 105 cm³/mol. The van der Waals surface area contributed by atoms with E-state index < -0.39 is 0 Å². The fraction of sp³-hybridized carbons (Fsp3) is 0.524. The first-order chi connectivity index (χ1) is 14.0. The van der Waals surface area contributed by atoms with Crippen LogP contribution >= 0.6 is 0 Å². The maximum Gasteiger partial charge on any atom is 0.274 e. The molecule has 29 heavy (non-hydrogen) atoms. The van der Waals surface area contributed by atoms with E-state index in [1.54, 1.807) is 0 Å². The topological polar surface area (TPSA) is 99.5 Å². The molecule has 0 atom stereocenters. The molecule has 0 unspecified atom stereocenters. The van der Waals surface area contributed by atoms with Crippen LogP contribution in [0.15, 0.2) is 34.5 Å². The molecule has 8 nitrogen and oxygen atoms in total. The predicted octanol–water partition coefficient (Wildman–Crippen LogP) is 2.32. The van der Waals surface area contributed by atoms with Gasteiger partial charge in [-0.3, -0.25) is 19.2 Å². The molecular weight excluding hydrogens is 372 g/mol. The lowest BCUT2D eigenvalue weighted by Crippen LogP contribution is -2.28. The van der Waals surface area contributed by atoms with Gasteiger partial charge in [0.15, 0.2) is 0 Å². The molecule has 4 aliphatic rings. The van der Waals surface area contributed by atoms with E-state index in [0.717, 1.165) is 79.2 Å². The largest absolute Gasteiger partial charge is 0.274 e. The number of hydrazone groups is 2. The van der Waals surface area contributed by atoms with Gasteiger partial charge in [0.25, 0.3) is 23.6 Å². The van der Waals surface area contributed by atoms with E-state index in [4.69, 9.17) is 0 Å². The molecule has 0 spiro atoms. The number of amides is 4. The number of nitrogens with zero attached hydrogens (tertiary/aromatic N) is 4. The molecule has 2 saturated carbocycles. The lowest BCUT2D eigenvalue weighted by atomic mass is 9.77. The normalized spacial score (nSPS) is 27.4. The van der Waals surface area contributed by atoms with E-state index in [1.807, 2.05) is 0 Å². The Hall–Kier alpha value is -2.90. The van der Waals surface area contributed by atoms with Crippen molar-refractivity contribution in [3.63, 3.8) is 0 Å². The Labute approximate surface area is 169 Å². The van der Waals surface area contributed by atoms with Crippen molar-refractivity contribution in [2.75, 3.05) is 0 Å². The monoisotopic (exact) mass is 396 g/mol. The summed E-state index contributed by atoms with van der Waals surface area (Å²) in [5.74, 6) is -0.192. The van der Waals surface area contributed by atoms with Crippen molar-refractivity contribution in [3.05, 3.63) is 24.3 Å². The molecule has 0 saturated heterocycles. The summed E-state index contributed by atoms with van der Waals surface area (Å²) >= 11 is 0. The number of hydrogen-bond acceptors (Lipinski definition) is 6. The average molecular weight is 396 g/mol. The second-order valence-corrected chi connectivity index (χ2v) is 8.10. The highest BCUT2D eigenvalue weighted by Gasteiger charge is 2.28. The van der Waals surface area contributed by atoms with Crippen LogP contribution in [0.4, 0.5) is 0 Å². The number of carbonyl (C=O) groups is 4. The van der Waals surface area contributed by atoms with Crippen molar-refractivity contribution in [2.45, 2.75) is 57.8 Å². The van der Waals surface area contributed by atoms with Crippen LogP contribution in [0.2, 0.25) is 0 Å². The third-order valence-electron chi connectivity index (χ3n) is 6.09. The second-order valence-electron chi connectivity index (χ2n) is 8.10. The summed E-state index contributed by atoms with van der Waals surface area (Å²) in [6.07, 6.45) is 13.6. The van der Waals surface area contributed by atoms with E-state index >= 15 is 0 Å².